The number of alkyl halides is 9. The molecule has 2 atom stereocenters. The summed E-state index contributed by atoms with van der Waals surface area (Å²) in [6.45, 7) is 3.68. The summed E-state index contributed by atoms with van der Waals surface area (Å²) in [5.41, 5.74) is 2.37. The normalized spacial score (nSPS) is 18.6. The van der Waals surface area contributed by atoms with Crippen LogP contribution in [-0.2, 0) is 37.0 Å². The fraction of sp³-hybridized carbons (Fsp3) is 0.375. The first-order chi connectivity index (χ1) is 25.0. The minimum Gasteiger partial charge on any atom is -0.497 e. The Morgan fingerprint density at radius 3 is 1.74 bits per heavy atom. The van der Waals surface area contributed by atoms with E-state index in [0.29, 0.717) is 26.2 Å². The molecule has 3 aromatic rings. The molecule has 2 unspecified atom stereocenters. The molecule has 4 heterocycles. The van der Waals surface area contributed by atoms with Crippen molar-refractivity contribution in [1.29, 1.82) is 0 Å². The van der Waals surface area contributed by atoms with Gasteiger partial charge in [-0.15, -0.1) is 0 Å². The summed E-state index contributed by atoms with van der Waals surface area (Å²) < 4.78 is 107. The molecular weight excluding hydrogens is 755 g/mol. The largest absolute Gasteiger partial charge is 0.497 e. The molecule has 2 aromatic heterocycles. The number of methoxy groups -OCH3 is 1. The molecule has 0 bridgehead atoms. The summed E-state index contributed by atoms with van der Waals surface area (Å²) >= 11 is 0. The van der Waals surface area contributed by atoms with Crippen molar-refractivity contribution in [2.75, 3.05) is 33.4 Å². The Labute approximate surface area is 299 Å². The van der Waals surface area contributed by atoms with Gasteiger partial charge in [0.1, 0.15) is 5.75 Å². The third kappa shape index (κ3) is 13.5. The van der Waals surface area contributed by atoms with Crippen molar-refractivity contribution in [2.24, 2.45) is 0 Å². The average molecular weight is 787 g/mol. The van der Waals surface area contributed by atoms with Crippen LogP contribution in [0, 0.1) is 0 Å². The van der Waals surface area contributed by atoms with Crippen molar-refractivity contribution in [1.82, 2.24) is 19.8 Å². The van der Waals surface area contributed by atoms with Gasteiger partial charge in [0.15, 0.2) is 5.60 Å². The highest BCUT2D eigenvalue weighted by molar-refractivity contribution is 5.88. The number of rotatable bonds is 6. The highest BCUT2D eigenvalue weighted by Crippen LogP contribution is 2.42. The second-order valence-corrected chi connectivity index (χ2v) is 11.1. The van der Waals surface area contributed by atoms with Gasteiger partial charge < -0.3 is 29.7 Å². The van der Waals surface area contributed by atoms with Crippen LogP contribution in [0.1, 0.15) is 22.6 Å². The van der Waals surface area contributed by atoms with Gasteiger partial charge in [-0.05, 0) is 47.0 Å². The van der Waals surface area contributed by atoms with Crippen LogP contribution < -0.4 is 4.74 Å². The molecule has 2 saturated heterocycles. The van der Waals surface area contributed by atoms with Crippen molar-refractivity contribution in [3.63, 3.8) is 0 Å². The molecule has 5 rings (SSSR count). The maximum absolute atomic E-state index is 13.9. The maximum atomic E-state index is 13.9. The van der Waals surface area contributed by atoms with Crippen molar-refractivity contribution < 1.29 is 83.5 Å². The van der Waals surface area contributed by atoms with Crippen LogP contribution in [0.25, 0.3) is 0 Å². The summed E-state index contributed by atoms with van der Waals surface area (Å²) in [5.74, 6) is -7.47. The van der Waals surface area contributed by atoms with Crippen molar-refractivity contribution >= 4 is 23.8 Å². The molecule has 22 heteroatoms. The molecule has 1 spiro atoms. The number of amides is 1. The minimum absolute atomic E-state index is 0.0525. The predicted molar refractivity (Wildman–Crippen MR) is 165 cm³/mol. The van der Waals surface area contributed by atoms with Crippen LogP contribution in [0.5, 0.6) is 5.75 Å². The number of likely N-dealkylation sites (tertiary alicyclic amines) is 1. The lowest BCUT2D eigenvalue weighted by atomic mass is 9.83. The molecule has 3 N–H and O–H groups in total. The number of carbonyl (C=O) groups is 4. The highest BCUT2D eigenvalue weighted by Gasteiger charge is 2.57. The SMILES string of the molecule is COc1ccc(CN2CC(c3cccnc3)C3(C2)OCCN(Cc2ccncc2)C3=O)cc1.O=C(O)C(F)(F)F.O=C(O)C(F)(F)F.O=C(O)C(F)(F)F. The number of halogens is 9. The van der Waals surface area contributed by atoms with Gasteiger partial charge in [-0.2, -0.15) is 39.5 Å². The number of carboxylic acids is 3. The van der Waals surface area contributed by atoms with E-state index in [0.717, 1.165) is 30.0 Å². The molecule has 2 aliphatic heterocycles. The van der Waals surface area contributed by atoms with Crippen LogP contribution in [0.2, 0.25) is 0 Å². The third-order valence-corrected chi connectivity index (χ3v) is 7.33. The van der Waals surface area contributed by atoms with E-state index in [4.69, 9.17) is 39.2 Å². The second-order valence-electron chi connectivity index (χ2n) is 11.1. The highest BCUT2D eigenvalue weighted by atomic mass is 19.4. The molecule has 0 radical (unpaired) electrons. The molecule has 54 heavy (non-hydrogen) atoms. The fourth-order valence-corrected chi connectivity index (χ4v) is 4.97. The van der Waals surface area contributed by atoms with E-state index in [2.05, 4.69) is 33.1 Å². The molecule has 13 nitrogen and oxygen atoms in total. The Balaban J connectivity index is 0.000000393. The van der Waals surface area contributed by atoms with Crippen LogP contribution in [0.3, 0.4) is 0 Å². The zero-order valence-corrected chi connectivity index (χ0v) is 27.7. The van der Waals surface area contributed by atoms with Crippen molar-refractivity contribution in [3.05, 3.63) is 90.0 Å². The lowest BCUT2D eigenvalue weighted by molar-refractivity contribution is -0.193. The van der Waals surface area contributed by atoms with E-state index in [9.17, 15) is 44.3 Å². The number of benzene rings is 1. The molecule has 2 fully saturated rings. The zero-order chi connectivity index (χ0) is 40.9. The second kappa shape index (κ2) is 19.0. The minimum atomic E-state index is -5.08. The summed E-state index contributed by atoms with van der Waals surface area (Å²) in [6, 6.07) is 16.0. The smallest absolute Gasteiger partial charge is 0.490 e. The van der Waals surface area contributed by atoms with Crippen LogP contribution in [-0.4, -0.2) is 116 Å². The van der Waals surface area contributed by atoms with Gasteiger partial charge in [0, 0.05) is 63.4 Å². The van der Waals surface area contributed by atoms with Crippen molar-refractivity contribution in [2.45, 2.75) is 43.1 Å². The van der Waals surface area contributed by atoms with Crippen LogP contribution >= 0.6 is 0 Å². The molecule has 1 amide bonds. The van der Waals surface area contributed by atoms with E-state index in [1.165, 1.54) is 5.56 Å². The van der Waals surface area contributed by atoms with Gasteiger partial charge in [-0.3, -0.25) is 19.7 Å². The number of aliphatic carboxylic acids is 3. The monoisotopic (exact) mass is 786 g/mol. The van der Waals surface area contributed by atoms with Crippen LogP contribution in [0.15, 0.2) is 73.3 Å². The van der Waals surface area contributed by atoms with E-state index in [-0.39, 0.29) is 11.8 Å². The summed E-state index contributed by atoms with van der Waals surface area (Å²) in [4.78, 5) is 53.3. The topological polar surface area (TPSA) is 180 Å². The first kappa shape index (κ1) is 44.7. The lowest BCUT2D eigenvalue weighted by Gasteiger charge is -2.42. The summed E-state index contributed by atoms with van der Waals surface area (Å²) in [7, 11) is 1.67. The van der Waals surface area contributed by atoms with Gasteiger partial charge in [0.2, 0.25) is 0 Å². The van der Waals surface area contributed by atoms with Gasteiger partial charge in [0.25, 0.3) is 5.91 Å². The van der Waals surface area contributed by atoms with Gasteiger partial charge >= 0.3 is 36.4 Å². The Morgan fingerprint density at radius 2 is 1.30 bits per heavy atom. The molecule has 0 saturated carbocycles. The predicted octanol–water partition coefficient (Wildman–Crippen LogP) is 4.78. The summed E-state index contributed by atoms with van der Waals surface area (Å²) in [6.07, 6.45) is -8.09. The molecule has 1 aromatic carbocycles. The Hall–Kier alpha value is -5.51. The number of nitrogens with zero attached hydrogens (tertiary/aromatic N) is 4. The Kier molecular flexibility index (Phi) is 15.7. The first-order valence-corrected chi connectivity index (χ1v) is 15.0. The molecule has 2 aliphatic rings. The standard InChI is InChI=1S/C26H28N4O3.3C2HF3O2/c1-32-23-6-4-20(5-7-23)16-29-18-24(22-3-2-10-28-15-22)26(19-29)25(31)30(13-14-33-26)17-21-8-11-27-12-9-21;3*3-2(4,5)1(6)7/h2-12,15,24H,13-14,16-19H2,1H3;3*(H,6,7). The third-order valence-electron chi connectivity index (χ3n) is 7.33. The summed E-state index contributed by atoms with van der Waals surface area (Å²) in [5, 5.41) is 21.4. The number of hydrogen-bond acceptors (Lipinski definition) is 9. The Morgan fingerprint density at radius 1 is 0.796 bits per heavy atom. The van der Waals surface area contributed by atoms with Crippen molar-refractivity contribution in [3.8, 4) is 5.75 Å². The van der Waals surface area contributed by atoms with E-state index >= 15 is 0 Å². The number of carboxylic acid groups (broad SMARTS) is 3. The van der Waals surface area contributed by atoms with E-state index < -0.39 is 42.0 Å². The molecule has 0 aliphatic carbocycles. The first-order valence-electron chi connectivity index (χ1n) is 15.0. The zero-order valence-electron chi connectivity index (χ0n) is 27.7. The number of ether oxygens (including phenoxy) is 2. The lowest BCUT2D eigenvalue weighted by Crippen LogP contribution is -2.59. The van der Waals surface area contributed by atoms with E-state index in [1.807, 2.05) is 41.4 Å². The maximum Gasteiger partial charge on any atom is 0.490 e. The number of aromatic nitrogens is 2. The van der Waals surface area contributed by atoms with Gasteiger partial charge in [-0.25, -0.2) is 14.4 Å². The average Bonchev–Trinajstić information content (AvgIpc) is 3.45. The van der Waals surface area contributed by atoms with E-state index in [1.54, 1.807) is 25.7 Å². The molecular formula is C32H31F9N4O9. The Bertz CT molecular complexity index is 1620. The quantitative estimate of drug-likeness (QED) is 0.292. The van der Waals surface area contributed by atoms with Gasteiger partial charge in [-0.1, -0.05) is 18.2 Å². The number of carbonyl (C=O) groups excluding carboxylic acids is 1. The fourth-order valence-electron chi connectivity index (χ4n) is 4.97. The number of morpholine rings is 1. The van der Waals surface area contributed by atoms with Gasteiger partial charge in [0.05, 0.1) is 13.7 Å². The van der Waals surface area contributed by atoms with Crippen LogP contribution in [0.4, 0.5) is 39.5 Å². The molecule has 296 valence electrons. The number of hydrogen-bond donors (Lipinski definition) is 3. The number of pyridine rings is 2.